The van der Waals surface area contributed by atoms with Crippen LogP contribution in [0.3, 0.4) is 0 Å². The summed E-state index contributed by atoms with van der Waals surface area (Å²) in [5.74, 6) is 0. The Morgan fingerprint density at radius 1 is 0.867 bits per heavy atom. The number of aliphatic imine (C=N–C) groups is 2. The van der Waals surface area contributed by atoms with Crippen molar-refractivity contribution in [1.29, 1.82) is 0 Å². The van der Waals surface area contributed by atoms with E-state index in [9.17, 15) is 0 Å². The molecule has 0 spiro atoms. The van der Waals surface area contributed by atoms with Crippen molar-refractivity contribution in [2.45, 2.75) is 0 Å². The molecule has 3 nitrogen and oxygen atoms in total. The number of H-pyrrole nitrogens is 1. The number of para-hydroxylation sites is 1. The quantitative estimate of drug-likeness (QED) is 0.668. The molecule has 2 aromatic rings. The van der Waals surface area contributed by atoms with Crippen LogP contribution in [0.1, 0.15) is 11.3 Å². The standard InChI is InChI=1S/C12H7N3/c1-2-4-8-7(3-1)10-12(14-8)11-9(15-10)5-6-13-11/h1-6,13H. The predicted octanol–water partition coefficient (Wildman–Crippen LogP) is 2.58. The topological polar surface area (TPSA) is 40.5 Å². The molecule has 0 atom stereocenters. The van der Waals surface area contributed by atoms with Crippen molar-refractivity contribution in [3.8, 4) is 0 Å². The van der Waals surface area contributed by atoms with Gasteiger partial charge in [-0.1, -0.05) is 18.2 Å². The van der Waals surface area contributed by atoms with Crippen LogP contribution in [0.2, 0.25) is 0 Å². The first-order chi connectivity index (χ1) is 7.43. The zero-order valence-corrected chi connectivity index (χ0v) is 7.86. The first-order valence-electron chi connectivity index (χ1n) is 4.88. The number of fused-ring (bicyclic) bond motifs is 5. The van der Waals surface area contributed by atoms with Gasteiger partial charge in [-0.3, -0.25) is 0 Å². The molecule has 4 rings (SSSR count). The van der Waals surface area contributed by atoms with E-state index in [-0.39, 0.29) is 0 Å². The van der Waals surface area contributed by atoms with Crippen molar-refractivity contribution < 1.29 is 0 Å². The molecule has 0 aliphatic carbocycles. The summed E-state index contributed by atoms with van der Waals surface area (Å²) in [6, 6.07) is 10.1. The Balaban J connectivity index is 2.06. The molecule has 2 aliphatic heterocycles. The normalized spacial score (nSPS) is 15.5. The molecule has 0 amide bonds. The average molecular weight is 193 g/mol. The molecule has 70 valence electrons. The van der Waals surface area contributed by atoms with Crippen LogP contribution >= 0.6 is 0 Å². The third-order valence-corrected chi connectivity index (χ3v) is 2.81. The summed E-state index contributed by atoms with van der Waals surface area (Å²) in [5, 5.41) is 0. The highest BCUT2D eigenvalue weighted by atomic mass is 15.0. The molecule has 1 N–H and O–H groups in total. The van der Waals surface area contributed by atoms with E-state index < -0.39 is 0 Å². The lowest BCUT2D eigenvalue weighted by atomic mass is 10.1. The summed E-state index contributed by atoms with van der Waals surface area (Å²) in [6.45, 7) is 0. The highest BCUT2D eigenvalue weighted by Gasteiger charge is 2.30. The Morgan fingerprint density at radius 2 is 1.73 bits per heavy atom. The van der Waals surface area contributed by atoms with Crippen LogP contribution in [-0.4, -0.2) is 16.4 Å². The molecule has 1 aromatic carbocycles. The number of aromatic nitrogens is 1. The van der Waals surface area contributed by atoms with Gasteiger partial charge in [0.2, 0.25) is 0 Å². The lowest BCUT2D eigenvalue weighted by Crippen LogP contribution is -2.07. The lowest BCUT2D eigenvalue weighted by molar-refractivity contribution is 1.37. The molecule has 0 unspecified atom stereocenters. The van der Waals surface area contributed by atoms with Gasteiger partial charge >= 0.3 is 0 Å². The van der Waals surface area contributed by atoms with E-state index in [1.54, 1.807) is 0 Å². The molecule has 0 bridgehead atoms. The van der Waals surface area contributed by atoms with Crippen molar-refractivity contribution in [2.24, 2.45) is 9.98 Å². The maximum absolute atomic E-state index is 4.58. The number of hydrogen-bond acceptors (Lipinski definition) is 2. The molecular weight excluding hydrogens is 186 g/mol. The smallest absolute Gasteiger partial charge is 0.116 e. The number of rotatable bonds is 0. The summed E-state index contributed by atoms with van der Waals surface area (Å²) in [6.07, 6.45) is 1.90. The van der Waals surface area contributed by atoms with Crippen molar-refractivity contribution >= 4 is 22.8 Å². The minimum atomic E-state index is 0.983. The minimum Gasteiger partial charge on any atom is -0.358 e. The molecule has 0 saturated heterocycles. The predicted molar refractivity (Wildman–Crippen MR) is 59.6 cm³/mol. The number of nitrogens with zero attached hydrogens (tertiary/aromatic N) is 2. The minimum absolute atomic E-state index is 0.983. The van der Waals surface area contributed by atoms with Crippen molar-refractivity contribution in [1.82, 2.24) is 4.98 Å². The molecule has 2 aliphatic rings. The summed E-state index contributed by atoms with van der Waals surface area (Å²) in [5.41, 5.74) is 6.19. The summed E-state index contributed by atoms with van der Waals surface area (Å²) in [7, 11) is 0. The molecule has 3 heteroatoms. The van der Waals surface area contributed by atoms with Crippen molar-refractivity contribution in [3.05, 3.63) is 47.8 Å². The average Bonchev–Trinajstić information content (AvgIpc) is 2.87. The van der Waals surface area contributed by atoms with Crippen LogP contribution in [0.15, 0.2) is 46.5 Å². The molecule has 3 heterocycles. The van der Waals surface area contributed by atoms with E-state index in [1.807, 2.05) is 30.5 Å². The van der Waals surface area contributed by atoms with Crippen LogP contribution in [0.25, 0.3) is 0 Å². The van der Waals surface area contributed by atoms with E-state index in [4.69, 9.17) is 0 Å². The van der Waals surface area contributed by atoms with Gasteiger partial charge in [0.1, 0.15) is 11.4 Å². The number of nitrogens with one attached hydrogen (secondary N) is 1. The van der Waals surface area contributed by atoms with Crippen LogP contribution < -0.4 is 0 Å². The molecule has 0 saturated carbocycles. The van der Waals surface area contributed by atoms with E-state index in [0.717, 1.165) is 34.1 Å². The monoisotopic (exact) mass is 193 g/mol. The van der Waals surface area contributed by atoms with Gasteiger partial charge in [0.05, 0.1) is 17.1 Å². The second kappa shape index (κ2) is 2.25. The Bertz CT molecular complexity index is 632. The zero-order valence-electron chi connectivity index (χ0n) is 7.86. The van der Waals surface area contributed by atoms with Crippen LogP contribution in [0, 0.1) is 0 Å². The van der Waals surface area contributed by atoms with E-state index in [1.165, 1.54) is 0 Å². The maximum Gasteiger partial charge on any atom is 0.116 e. The molecular formula is C12H7N3. The van der Waals surface area contributed by atoms with Crippen molar-refractivity contribution in [2.75, 3.05) is 0 Å². The molecule has 0 radical (unpaired) electrons. The molecule has 1 aromatic heterocycles. The highest BCUT2D eigenvalue weighted by molar-refractivity contribution is 6.59. The lowest BCUT2D eigenvalue weighted by Gasteiger charge is -1.94. The van der Waals surface area contributed by atoms with Gasteiger partial charge in [0.15, 0.2) is 0 Å². The summed E-state index contributed by atoms with van der Waals surface area (Å²) < 4.78 is 0. The van der Waals surface area contributed by atoms with E-state index in [0.29, 0.717) is 0 Å². The first-order valence-corrected chi connectivity index (χ1v) is 4.88. The fourth-order valence-electron chi connectivity index (χ4n) is 2.12. The highest BCUT2D eigenvalue weighted by Crippen LogP contribution is 2.36. The van der Waals surface area contributed by atoms with Gasteiger partial charge in [-0.2, -0.15) is 0 Å². The van der Waals surface area contributed by atoms with Gasteiger partial charge in [0.25, 0.3) is 0 Å². The first kappa shape index (κ1) is 7.17. The zero-order chi connectivity index (χ0) is 9.83. The van der Waals surface area contributed by atoms with Crippen LogP contribution in [-0.2, 0) is 0 Å². The summed E-state index contributed by atoms with van der Waals surface area (Å²) in [4.78, 5) is 12.3. The largest absolute Gasteiger partial charge is 0.358 e. The number of hydrogen-bond donors (Lipinski definition) is 1. The van der Waals surface area contributed by atoms with Crippen LogP contribution in [0.4, 0.5) is 11.4 Å². The van der Waals surface area contributed by atoms with Gasteiger partial charge in [0, 0.05) is 11.8 Å². The Morgan fingerprint density at radius 3 is 2.73 bits per heavy atom. The van der Waals surface area contributed by atoms with Crippen LogP contribution in [0.5, 0.6) is 0 Å². The second-order valence-electron chi connectivity index (χ2n) is 3.68. The fourth-order valence-corrected chi connectivity index (χ4v) is 2.12. The number of aromatic amines is 1. The van der Waals surface area contributed by atoms with E-state index in [2.05, 4.69) is 21.0 Å². The molecule has 15 heavy (non-hydrogen) atoms. The fraction of sp³-hybridized carbons (Fsp3) is 0. The van der Waals surface area contributed by atoms with Crippen molar-refractivity contribution in [3.63, 3.8) is 0 Å². The SMILES string of the molecule is c1ccc2c(c1)N=C1C2=Nc2cc[nH]c21. The Kier molecular flexibility index (Phi) is 1.08. The number of benzene rings is 1. The summed E-state index contributed by atoms with van der Waals surface area (Å²) >= 11 is 0. The maximum atomic E-state index is 4.58. The van der Waals surface area contributed by atoms with Gasteiger partial charge in [-0.05, 0) is 12.1 Å². The van der Waals surface area contributed by atoms with Gasteiger partial charge in [-0.25, -0.2) is 9.98 Å². The third kappa shape index (κ3) is 0.760. The van der Waals surface area contributed by atoms with Gasteiger partial charge < -0.3 is 4.98 Å². The Labute approximate surface area is 86.2 Å². The third-order valence-electron chi connectivity index (χ3n) is 2.81. The second-order valence-corrected chi connectivity index (χ2v) is 3.68. The van der Waals surface area contributed by atoms with Gasteiger partial charge in [-0.15, -0.1) is 0 Å². The molecule has 0 fully saturated rings. The van der Waals surface area contributed by atoms with E-state index >= 15 is 0 Å². The Hall–Kier alpha value is -2.16.